The van der Waals surface area contributed by atoms with Gasteiger partial charge in [-0.25, -0.2) is 0 Å². The highest BCUT2D eigenvalue weighted by Crippen LogP contribution is 2.23. The topological polar surface area (TPSA) is 73.0 Å². The third-order valence-electron chi connectivity index (χ3n) is 2.60. The number of nitrogens with zero attached hydrogens (tertiary/aromatic N) is 3. The number of hydrogen-bond acceptors (Lipinski definition) is 4. The van der Waals surface area contributed by atoms with Crippen molar-refractivity contribution in [2.75, 3.05) is 11.9 Å². The Balaban J connectivity index is 2.34. The van der Waals surface area contributed by atoms with Crippen molar-refractivity contribution >= 4 is 23.0 Å². The Labute approximate surface area is 115 Å². The second-order valence-corrected chi connectivity index (χ2v) is 4.42. The fourth-order valence-electron chi connectivity index (χ4n) is 1.79. The number of nitrogens with one attached hydrogen (secondary N) is 1. The monoisotopic (exact) mass is 280 g/mol. The molecule has 1 heterocycles. The highest BCUT2D eigenvalue weighted by molar-refractivity contribution is 6.30. The van der Waals surface area contributed by atoms with E-state index in [0.29, 0.717) is 11.6 Å². The molecule has 1 aromatic carbocycles. The zero-order valence-electron chi connectivity index (χ0n) is 10.3. The van der Waals surface area contributed by atoms with Crippen LogP contribution in [0.15, 0.2) is 30.6 Å². The Kier molecular flexibility index (Phi) is 4.01. The molecule has 100 valence electrons. The van der Waals surface area contributed by atoms with E-state index in [1.165, 1.54) is 12.3 Å². The summed E-state index contributed by atoms with van der Waals surface area (Å²) in [5.74, 6) is 0. The molecule has 19 heavy (non-hydrogen) atoms. The zero-order valence-corrected chi connectivity index (χ0v) is 11.1. The van der Waals surface area contributed by atoms with Gasteiger partial charge in [0.15, 0.2) is 0 Å². The highest BCUT2D eigenvalue weighted by Gasteiger charge is 2.11. The SMILES string of the molecule is CCNc1ccc([N+](=O)[O-])cc1Cn1cc(Cl)cn1. The first-order valence-electron chi connectivity index (χ1n) is 5.79. The fraction of sp³-hybridized carbons (Fsp3) is 0.250. The molecule has 0 aliphatic carbocycles. The molecule has 0 saturated carbocycles. The molecule has 1 aromatic heterocycles. The van der Waals surface area contributed by atoms with Gasteiger partial charge < -0.3 is 5.32 Å². The van der Waals surface area contributed by atoms with Crippen LogP contribution in [-0.2, 0) is 6.54 Å². The van der Waals surface area contributed by atoms with E-state index < -0.39 is 4.92 Å². The molecule has 0 amide bonds. The third kappa shape index (κ3) is 3.23. The van der Waals surface area contributed by atoms with E-state index in [1.54, 1.807) is 23.0 Å². The molecule has 6 nitrogen and oxygen atoms in total. The molecule has 0 saturated heterocycles. The standard InChI is InChI=1S/C12H13ClN4O2/c1-2-14-12-4-3-11(17(18)19)5-9(12)7-16-8-10(13)6-15-16/h3-6,8,14H,2,7H2,1H3. The molecule has 0 unspecified atom stereocenters. The van der Waals surface area contributed by atoms with Crippen molar-refractivity contribution in [2.45, 2.75) is 13.5 Å². The van der Waals surface area contributed by atoms with Crippen LogP contribution in [0.1, 0.15) is 12.5 Å². The largest absolute Gasteiger partial charge is 0.385 e. The van der Waals surface area contributed by atoms with Crippen LogP contribution in [-0.4, -0.2) is 21.2 Å². The lowest BCUT2D eigenvalue weighted by Crippen LogP contribution is -2.06. The summed E-state index contributed by atoms with van der Waals surface area (Å²) in [7, 11) is 0. The number of rotatable bonds is 5. The number of hydrogen-bond donors (Lipinski definition) is 1. The van der Waals surface area contributed by atoms with Gasteiger partial charge in [-0.2, -0.15) is 5.10 Å². The predicted octanol–water partition coefficient (Wildman–Crippen LogP) is 2.92. The summed E-state index contributed by atoms with van der Waals surface area (Å²) < 4.78 is 1.64. The molecule has 0 radical (unpaired) electrons. The molecule has 0 aliphatic heterocycles. The number of benzene rings is 1. The van der Waals surface area contributed by atoms with Gasteiger partial charge in [-0.3, -0.25) is 14.8 Å². The predicted molar refractivity (Wildman–Crippen MR) is 73.6 cm³/mol. The van der Waals surface area contributed by atoms with Crippen LogP contribution in [0, 0.1) is 10.1 Å². The quantitative estimate of drug-likeness (QED) is 0.675. The maximum Gasteiger partial charge on any atom is 0.269 e. The Bertz CT molecular complexity index is 597. The van der Waals surface area contributed by atoms with E-state index in [-0.39, 0.29) is 5.69 Å². The second kappa shape index (κ2) is 5.71. The van der Waals surface area contributed by atoms with Crippen molar-refractivity contribution in [1.82, 2.24) is 9.78 Å². The van der Waals surface area contributed by atoms with Gasteiger partial charge in [0.05, 0.1) is 22.7 Å². The number of nitro benzene ring substituents is 1. The molecule has 7 heteroatoms. The molecule has 0 spiro atoms. The lowest BCUT2D eigenvalue weighted by Gasteiger charge is -2.10. The van der Waals surface area contributed by atoms with Crippen molar-refractivity contribution < 1.29 is 4.92 Å². The Morgan fingerprint density at radius 1 is 1.53 bits per heavy atom. The molecule has 2 aromatic rings. The normalized spacial score (nSPS) is 10.4. The molecular weight excluding hydrogens is 268 g/mol. The summed E-state index contributed by atoms with van der Waals surface area (Å²) in [6.07, 6.45) is 3.21. The average Bonchev–Trinajstić information content (AvgIpc) is 2.77. The minimum absolute atomic E-state index is 0.0647. The van der Waals surface area contributed by atoms with Gasteiger partial charge in [-0.15, -0.1) is 0 Å². The Morgan fingerprint density at radius 3 is 2.89 bits per heavy atom. The van der Waals surface area contributed by atoms with E-state index in [0.717, 1.165) is 17.8 Å². The van der Waals surface area contributed by atoms with Crippen LogP contribution in [0.2, 0.25) is 5.02 Å². The van der Waals surface area contributed by atoms with Crippen LogP contribution in [0.5, 0.6) is 0 Å². The minimum Gasteiger partial charge on any atom is -0.385 e. The van der Waals surface area contributed by atoms with Crippen LogP contribution < -0.4 is 5.32 Å². The van der Waals surface area contributed by atoms with E-state index in [1.807, 2.05) is 6.92 Å². The fourth-order valence-corrected chi connectivity index (χ4v) is 1.94. The summed E-state index contributed by atoms with van der Waals surface area (Å²) >= 11 is 5.80. The van der Waals surface area contributed by atoms with Crippen molar-refractivity contribution in [1.29, 1.82) is 0 Å². The molecule has 0 fully saturated rings. The first-order valence-corrected chi connectivity index (χ1v) is 6.17. The molecule has 0 atom stereocenters. The summed E-state index contributed by atoms with van der Waals surface area (Å²) in [5, 5.41) is 18.6. The van der Waals surface area contributed by atoms with Gasteiger partial charge in [0.1, 0.15) is 0 Å². The summed E-state index contributed by atoms with van der Waals surface area (Å²) in [6.45, 7) is 3.14. The van der Waals surface area contributed by atoms with Gasteiger partial charge in [0, 0.05) is 36.1 Å². The summed E-state index contributed by atoms with van der Waals surface area (Å²) in [5.41, 5.74) is 1.73. The molecule has 2 rings (SSSR count). The van der Waals surface area contributed by atoms with Crippen LogP contribution in [0.25, 0.3) is 0 Å². The van der Waals surface area contributed by atoms with Gasteiger partial charge >= 0.3 is 0 Å². The van der Waals surface area contributed by atoms with E-state index in [4.69, 9.17) is 11.6 Å². The van der Waals surface area contributed by atoms with Gasteiger partial charge in [0.2, 0.25) is 0 Å². The van der Waals surface area contributed by atoms with Gasteiger partial charge in [-0.05, 0) is 13.0 Å². The van der Waals surface area contributed by atoms with Crippen LogP contribution >= 0.6 is 11.6 Å². The summed E-state index contributed by atoms with van der Waals surface area (Å²) in [6, 6.07) is 4.74. The van der Waals surface area contributed by atoms with E-state index in [2.05, 4.69) is 10.4 Å². The average molecular weight is 281 g/mol. The number of non-ortho nitro benzene ring substituents is 1. The maximum absolute atomic E-state index is 10.8. The van der Waals surface area contributed by atoms with Crippen molar-refractivity contribution in [3.8, 4) is 0 Å². The molecule has 0 bridgehead atoms. The lowest BCUT2D eigenvalue weighted by molar-refractivity contribution is -0.384. The summed E-state index contributed by atoms with van der Waals surface area (Å²) in [4.78, 5) is 10.4. The van der Waals surface area contributed by atoms with Crippen LogP contribution in [0.4, 0.5) is 11.4 Å². The van der Waals surface area contributed by atoms with E-state index >= 15 is 0 Å². The van der Waals surface area contributed by atoms with Crippen molar-refractivity contribution in [3.63, 3.8) is 0 Å². The Morgan fingerprint density at radius 2 is 2.32 bits per heavy atom. The smallest absolute Gasteiger partial charge is 0.269 e. The van der Waals surface area contributed by atoms with Crippen molar-refractivity contribution in [2.24, 2.45) is 0 Å². The first-order chi connectivity index (χ1) is 9.10. The molecular formula is C12H13ClN4O2. The Hall–Kier alpha value is -2.08. The second-order valence-electron chi connectivity index (χ2n) is 3.99. The van der Waals surface area contributed by atoms with Gasteiger partial charge in [-0.1, -0.05) is 11.6 Å². The van der Waals surface area contributed by atoms with E-state index in [9.17, 15) is 10.1 Å². The molecule has 0 aliphatic rings. The molecule has 1 N–H and O–H groups in total. The van der Waals surface area contributed by atoms with Gasteiger partial charge in [0.25, 0.3) is 5.69 Å². The number of nitro groups is 1. The number of aromatic nitrogens is 2. The number of anilines is 1. The minimum atomic E-state index is -0.407. The van der Waals surface area contributed by atoms with Crippen molar-refractivity contribution in [3.05, 3.63) is 51.3 Å². The number of halogens is 1. The highest BCUT2D eigenvalue weighted by atomic mass is 35.5. The first kappa shape index (κ1) is 13.4. The van der Waals surface area contributed by atoms with Crippen LogP contribution in [0.3, 0.4) is 0 Å². The lowest BCUT2D eigenvalue weighted by atomic mass is 10.1. The zero-order chi connectivity index (χ0) is 13.8. The maximum atomic E-state index is 10.8. The third-order valence-corrected chi connectivity index (χ3v) is 2.80.